The van der Waals surface area contributed by atoms with Crippen molar-refractivity contribution in [2.45, 2.75) is 11.1 Å². The van der Waals surface area contributed by atoms with E-state index in [9.17, 15) is 8.42 Å². The molecule has 0 saturated heterocycles. The smallest absolute Gasteiger partial charge is 0.271 e. The molecule has 0 bridgehead atoms. The molecule has 0 fully saturated rings. The number of halogens is 1. The summed E-state index contributed by atoms with van der Waals surface area (Å²) in [5.74, 6) is 0. The molecule has 0 unspecified atom stereocenters. The second-order valence-electron chi connectivity index (χ2n) is 3.75. The Morgan fingerprint density at radius 2 is 2.00 bits per heavy atom. The fraction of sp³-hybridized carbons (Fsp3) is 0.0909. The lowest BCUT2D eigenvalue weighted by molar-refractivity contribution is 0.603. The van der Waals surface area contributed by atoms with E-state index in [0.717, 1.165) is 16.9 Å². The van der Waals surface area contributed by atoms with Gasteiger partial charge in [0.15, 0.2) is 0 Å². The molecule has 0 spiro atoms. The fourth-order valence-electron chi connectivity index (χ4n) is 1.40. The first kappa shape index (κ1) is 13.2. The fourth-order valence-corrected chi connectivity index (χ4v) is 3.96. The summed E-state index contributed by atoms with van der Waals surface area (Å²) >= 11 is 6.73. The highest BCUT2D eigenvalue weighted by atomic mass is 35.5. The van der Waals surface area contributed by atoms with Crippen LogP contribution < -0.4 is 10.5 Å². The van der Waals surface area contributed by atoms with Crippen molar-refractivity contribution < 1.29 is 8.42 Å². The average Bonchev–Trinajstić information content (AvgIpc) is 2.71. The molecule has 2 aromatic rings. The third kappa shape index (κ3) is 2.77. The van der Waals surface area contributed by atoms with E-state index in [4.69, 9.17) is 17.3 Å². The van der Waals surface area contributed by atoms with Gasteiger partial charge in [0.2, 0.25) is 0 Å². The second-order valence-corrected chi connectivity index (χ2v) is 7.38. The Morgan fingerprint density at radius 3 is 2.61 bits per heavy atom. The minimum Gasteiger partial charge on any atom is -0.397 e. The molecule has 0 radical (unpaired) electrons. The number of nitrogen functional groups attached to an aromatic ring is 1. The van der Waals surface area contributed by atoms with E-state index in [1.165, 1.54) is 6.07 Å². The van der Waals surface area contributed by atoms with Gasteiger partial charge in [-0.3, -0.25) is 4.72 Å². The second kappa shape index (κ2) is 4.79. The maximum atomic E-state index is 12.1. The lowest BCUT2D eigenvalue weighted by atomic mass is 10.2. The van der Waals surface area contributed by atoms with Crippen LogP contribution in [0.4, 0.5) is 11.4 Å². The van der Waals surface area contributed by atoms with Crippen LogP contribution in [0, 0.1) is 6.92 Å². The number of sulfonamides is 1. The minimum atomic E-state index is -3.63. The zero-order chi connectivity index (χ0) is 13.3. The first-order valence-corrected chi connectivity index (χ1v) is 7.70. The molecule has 1 heterocycles. The first-order chi connectivity index (χ1) is 8.38. The molecule has 4 nitrogen and oxygen atoms in total. The van der Waals surface area contributed by atoms with Gasteiger partial charge in [0.1, 0.15) is 4.21 Å². The Bertz CT molecular complexity index is 680. The molecule has 2 rings (SSSR count). The number of anilines is 2. The number of nitrogens with one attached hydrogen (secondary N) is 1. The van der Waals surface area contributed by atoms with Gasteiger partial charge in [-0.05, 0) is 36.8 Å². The van der Waals surface area contributed by atoms with E-state index in [0.29, 0.717) is 15.7 Å². The van der Waals surface area contributed by atoms with E-state index in [-0.39, 0.29) is 4.21 Å². The molecule has 7 heteroatoms. The number of benzene rings is 1. The molecule has 3 N–H and O–H groups in total. The molecule has 0 amide bonds. The van der Waals surface area contributed by atoms with E-state index < -0.39 is 10.0 Å². The first-order valence-electron chi connectivity index (χ1n) is 5.03. The molecule has 1 aromatic heterocycles. The maximum Gasteiger partial charge on any atom is 0.271 e. The summed E-state index contributed by atoms with van der Waals surface area (Å²) in [6, 6.07) is 8.16. The molecule has 0 aliphatic rings. The van der Waals surface area contributed by atoms with Crippen LogP contribution in [0.3, 0.4) is 0 Å². The topological polar surface area (TPSA) is 72.2 Å². The summed E-state index contributed by atoms with van der Waals surface area (Å²) in [6.07, 6.45) is 0. The number of nitrogens with two attached hydrogens (primary N) is 1. The molecule has 0 aliphatic heterocycles. The van der Waals surface area contributed by atoms with Gasteiger partial charge < -0.3 is 5.73 Å². The van der Waals surface area contributed by atoms with Crippen LogP contribution in [0.5, 0.6) is 0 Å². The van der Waals surface area contributed by atoms with Crippen LogP contribution in [-0.4, -0.2) is 8.42 Å². The third-order valence-corrected chi connectivity index (χ3v) is 5.36. The normalized spacial score (nSPS) is 11.4. The summed E-state index contributed by atoms with van der Waals surface area (Å²) < 4.78 is 27.2. The zero-order valence-electron chi connectivity index (χ0n) is 9.48. The Balaban J connectivity index is 2.36. The molecule has 0 saturated carbocycles. The summed E-state index contributed by atoms with van der Waals surface area (Å²) in [7, 11) is -3.63. The van der Waals surface area contributed by atoms with Crippen molar-refractivity contribution in [1.82, 2.24) is 0 Å². The number of aryl methyl sites for hydroxylation is 1. The van der Waals surface area contributed by atoms with Crippen molar-refractivity contribution in [2.75, 3.05) is 10.5 Å². The highest BCUT2D eigenvalue weighted by Gasteiger charge is 2.17. The Hall–Kier alpha value is -1.24. The van der Waals surface area contributed by atoms with Gasteiger partial charge in [-0.25, -0.2) is 8.42 Å². The van der Waals surface area contributed by atoms with Gasteiger partial charge in [0.05, 0.1) is 15.7 Å². The van der Waals surface area contributed by atoms with E-state index in [1.807, 2.05) is 13.0 Å². The van der Waals surface area contributed by atoms with Crippen LogP contribution in [0.25, 0.3) is 0 Å². The van der Waals surface area contributed by atoms with E-state index >= 15 is 0 Å². The Labute approximate surface area is 114 Å². The van der Waals surface area contributed by atoms with Crippen LogP contribution in [0.2, 0.25) is 4.34 Å². The van der Waals surface area contributed by atoms with Crippen molar-refractivity contribution in [3.05, 3.63) is 40.2 Å². The lowest BCUT2D eigenvalue weighted by Crippen LogP contribution is -2.12. The SMILES string of the molecule is Cc1ccc(N)c(NS(=O)(=O)c2ccc(Cl)s2)c1. The van der Waals surface area contributed by atoms with Crippen LogP contribution in [0.15, 0.2) is 34.5 Å². The predicted octanol–water partition coefficient (Wildman–Crippen LogP) is 3.09. The summed E-state index contributed by atoms with van der Waals surface area (Å²) in [5, 5.41) is 0. The van der Waals surface area contributed by atoms with Crippen LogP contribution in [-0.2, 0) is 10.0 Å². The third-order valence-electron chi connectivity index (χ3n) is 2.27. The highest BCUT2D eigenvalue weighted by molar-refractivity contribution is 7.94. The lowest BCUT2D eigenvalue weighted by Gasteiger charge is -2.09. The molecule has 1 aromatic carbocycles. The molecule has 96 valence electrons. The average molecular weight is 303 g/mol. The summed E-state index contributed by atoms with van der Waals surface area (Å²) in [6.45, 7) is 1.86. The van der Waals surface area contributed by atoms with Gasteiger partial charge in [0.25, 0.3) is 10.0 Å². The Kier molecular flexibility index (Phi) is 3.52. The maximum absolute atomic E-state index is 12.1. The van der Waals surface area contributed by atoms with Gasteiger partial charge >= 0.3 is 0 Å². The number of thiophene rings is 1. The molecular weight excluding hydrogens is 292 g/mol. The highest BCUT2D eigenvalue weighted by Crippen LogP contribution is 2.29. The van der Waals surface area contributed by atoms with Gasteiger partial charge in [-0.1, -0.05) is 17.7 Å². The number of hydrogen-bond donors (Lipinski definition) is 2. The minimum absolute atomic E-state index is 0.161. The van der Waals surface area contributed by atoms with Crippen molar-refractivity contribution in [3.8, 4) is 0 Å². The Morgan fingerprint density at radius 1 is 1.28 bits per heavy atom. The van der Waals surface area contributed by atoms with E-state index in [2.05, 4.69) is 4.72 Å². The zero-order valence-corrected chi connectivity index (χ0v) is 11.9. The molecule has 18 heavy (non-hydrogen) atoms. The van der Waals surface area contributed by atoms with Crippen molar-refractivity contribution in [2.24, 2.45) is 0 Å². The number of hydrogen-bond acceptors (Lipinski definition) is 4. The van der Waals surface area contributed by atoms with Gasteiger partial charge in [0, 0.05) is 0 Å². The predicted molar refractivity (Wildman–Crippen MR) is 75.7 cm³/mol. The molecule has 0 aliphatic carbocycles. The monoisotopic (exact) mass is 302 g/mol. The van der Waals surface area contributed by atoms with E-state index in [1.54, 1.807) is 18.2 Å². The van der Waals surface area contributed by atoms with Crippen LogP contribution >= 0.6 is 22.9 Å². The largest absolute Gasteiger partial charge is 0.397 e. The van der Waals surface area contributed by atoms with Crippen molar-refractivity contribution >= 4 is 44.3 Å². The van der Waals surface area contributed by atoms with Crippen LogP contribution in [0.1, 0.15) is 5.56 Å². The van der Waals surface area contributed by atoms with Crippen molar-refractivity contribution in [3.63, 3.8) is 0 Å². The summed E-state index contributed by atoms with van der Waals surface area (Å²) in [4.78, 5) is 0. The van der Waals surface area contributed by atoms with Gasteiger partial charge in [-0.2, -0.15) is 0 Å². The standard InChI is InChI=1S/C11H11ClN2O2S2/c1-7-2-3-8(13)9(6-7)14-18(15,16)11-5-4-10(12)17-11/h2-6,14H,13H2,1H3. The number of rotatable bonds is 3. The quantitative estimate of drug-likeness (QED) is 0.856. The molecular formula is C11H11ClN2O2S2. The summed E-state index contributed by atoms with van der Waals surface area (Å²) in [5.41, 5.74) is 7.41. The van der Waals surface area contributed by atoms with Crippen molar-refractivity contribution in [1.29, 1.82) is 0 Å². The van der Waals surface area contributed by atoms with Gasteiger partial charge in [-0.15, -0.1) is 11.3 Å². The molecule has 0 atom stereocenters.